The average Bonchev–Trinajstić information content (AvgIpc) is 2.08. The lowest BCUT2D eigenvalue weighted by Crippen LogP contribution is -1.93. The van der Waals surface area contributed by atoms with Gasteiger partial charge < -0.3 is 10.5 Å². The summed E-state index contributed by atoms with van der Waals surface area (Å²) in [5.41, 5.74) is 6.14. The van der Waals surface area contributed by atoms with Gasteiger partial charge >= 0.3 is 0 Å². The topological polar surface area (TPSA) is 35.2 Å². The number of ether oxygens (including phenoxy) is 1. The molecule has 0 atom stereocenters. The van der Waals surface area contributed by atoms with Crippen LogP contribution in [0.3, 0.4) is 0 Å². The molecule has 0 aliphatic heterocycles. The van der Waals surface area contributed by atoms with Gasteiger partial charge in [-0.3, -0.25) is 0 Å². The summed E-state index contributed by atoms with van der Waals surface area (Å²) >= 11 is 0. The number of nitrogens with two attached hydrogens (primary N) is 1. The summed E-state index contributed by atoms with van der Waals surface area (Å²) in [6.45, 7) is 3.61. The Kier molecular flexibility index (Phi) is 2.33. The fraction of sp³-hybridized carbons (Fsp3) is 0.111. The molecule has 0 aliphatic rings. The van der Waals surface area contributed by atoms with Crippen LogP contribution in [-0.2, 0) is 4.74 Å². The minimum absolute atomic E-state index is 0.103. The van der Waals surface area contributed by atoms with Crippen molar-refractivity contribution in [2.45, 2.75) is 0 Å². The molecule has 12 heavy (non-hydrogen) atoms. The van der Waals surface area contributed by atoms with Gasteiger partial charge in [-0.15, -0.1) is 0 Å². The lowest BCUT2D eigenvalue weighted by molar-refractivity contribution is 0.371. The molecule has 0 aromatic heterocycles. The molecule has 3 heteroatoms. The first-order valence-electron chi connectivity index (χ1n) is 3.43. The maximum Gasteiger partial charge on any atom is 0.146 e. The standard InChI is InChI=1S/C9H10FNO/c1-6(12-2)7-3-4-8(10)9(11)5-7/h3-5H,1,11H2,2H3. The number of anilines is 1. The van der Waals surface area contributed by atoms with E-state index in [1.807, 2.05) is 0 Å². The van der Waals surface area contributed by atoms with Crippen molar-refractivity contribution in [2.24, 2.45) is 0 Å². The van der Waals surface area contributed by atoms with Crippen LogP contribution in [0.1, 0.15) is 5.56 Å². The Bertz CT molecular complexity index is 309. The van der Waals surface area contributed by atoms with Gasteiger partial charge in [-0.1, -0.05) is 6.58 Å². The third kappa shape index (κ3) is 1.56. The predicted octanol–water partition coefficient (Wildman–Crippen LogP) is 2.02. The maximum atomic E-state index is 12.7. The second-order valence-corrected chi connectivity index (χ2v) is 2.36. The summed E-state index contributed by atoms with van der Waals surface area (Å²) in [6, 6.07) is 4.34. The second-order valence-electron chi connectivity index (χ2n) is 2.36. The van der Waals surface area contributed by atoms with Gasteiger partial charge in [-0.2, -0.15) is 0 Å². The summed E-state index contributed by atoms with van der Waals surface area (Å²) in [4.78, 5) is 0. The van der Waals surface area contributed by atoms with Gasteiger partial charge in [0.1, 0.15) is 11.6 Å². The normalized spacial score (nSPS) is 9.50. The fourth-order valence-corrected chi connectivity index (χ4v) is 0.835. The molecule has 0 aliphatic carbocycles. The molecule has 0 saturated heterocycles. The molecule has 1 rings (SSSR count). The van der Waals surface area contributed by atoms with Crippen LogP contribution in [-0.4, -0.2) is 7.11 Å². The van der Waals surface area contributed by atoms with E-state index in [1.165, 1.54) is 19.2 Å². The Morgan fingerprint density at radius 2 is 2.25 bits per heavy atom. The quantitative estimate of drug-likeness (QED) is 0.540. The third-order valence-corrected chi connectivity index (χ3v) is 1.56. The minimum Gasteiger partial charge on any atom is -0.497 e. The van der Waals surface area contributed by atoms with Crippen molar-refractivity contribution in [3.8, 4) is 0 Å². The summed E-state index contributed by atoms with van der Waals surface area (Å²) < 4.78 is 17.5. The molecule has 0 bridgehead atoms. The van der Waals surface area contributed by atoms with Crippen LogP contribution in [0, 0.1) is 5.82 Å². The zero-order valence-electron chi connectivity index (χ0n) is 6.80. The first-order chi connectivity index (χ1) is 5.65. The molecule has 1 aromatic rings. The molecule has 2 nitrogen and oxygen atoms in total. The van der Waals surface area contributed by atoms with Crippen molar-refractivity contribution in [1.82, 2.24) is 0 Å². The zero-order chi connectivity index (χ0) is 9.14. The van der Waals surface area contributed by atoms with Crippen molar-refractivity contribution in [1.29, 1.82) is 0 Å². The zero-order valence-corrected chi connectivity index (χ0v) is 6.80. The first-order valence-corrected chi connectivity index (χ1v) is 3.43. The molecule has 0 radical (unpaired) electrons. The van der Waals surface area contributed by atoms with E-state index in [9.17, 15) is 4.39 Å². The summed E-state index contributed by atoms with van der Waals surface area (Å²) in [5, 5.41) is 0. The van der Waals surface area contributed by atoms with Crippen molar-refractivity contribution >= 4 is 11.4 Å². The second kappa shape index (κ2) is 3.26. The summed E-state index contributed by atoms with van der Waals surface area (Å²) in [7, 11) is 1.50. The van der Waals surface area contributed by atoms with Gasteiger partial charge in [0.2, 0.25) is 0 Å². The molecule has 0 amide bonds. The van der Waals surface area contributed by atoms with Crippen LogP contribution in [0.4, 0.5) is 10.1 Å². The van der Waals surface area contributed by atoms with E-state index in [2.05, 4.69) is 6.58 Å². The summed E-state index contributed by atoms with van der Waals surface area (Å²) in [5.74, 6) is 0.0457. The molecule has 2 N–H and O–H groups in total. The van der Waals surface area contributed by atoms with Crippen LogP contribution in [0.5, 0.6) is 0 Å². The van der Waals surface area contributed by atoms with Crippen molar-refractivity contribution < 1.29 is 9.13 Å². The Balaban J connectivity index is 3.05. The number of hydrogen-bond donors (Lipinski definition) is 1. The molecule has 0 fully saturated rings. The van der Waals surface area contributed by atoms with E-state index in [4.69, 9.17) is 10.5 Å². The van der Waals surface area contributed by atoms with Gasteiger partial charge in [0.05, 0.1) is 12.8 Å². The average molecular weight is 167 g/mol. The monoisotopic (exact) mass is 167 g/mol. The van der Waals surface area contributed by atoms with E-state index in [-0.39, 0.29) is 5.69 Å². The number of rotatable bonds is 2. The molecule has 0 spiro atoms. The van der Waals surface area contributed by atoms with E-state index in [0.29, 0.717) is 11.3 Å². The largest absolute Gasteiger partial charge is 0.497 e. The van der Waals surface area contributed by atoms with Crippen molar-refractivity contribution in [3.63, 3.8) is 0 Å². The number of halogens is 1. The highest BCUT2D eigenvalue weighted by atomic mass is 19.1. The molecule has 1 aromatic carbocycles. The molecular weight excluding hydrogens is 157 g/mol. The van der Waals surface area contributed by atoms with Gasteiger partial charge in [0.25, 0.3) is 0 Å². The van der Waals surface area contributed by atoms with E-state index in [0.717, 1.165) is 0 Å². The lowest BCUT2D eigenvalue weighted by Gasteiger charge is -2.04. The smallest absolute Gasteiger partial charge is 0.146 e. The highest BCUT2D eigenvalue weighted by Crippen LogP contribution is 2.18. The third-order valence-electron chi connectivity index (χ3n) is 1.56. The van der Waals surface area contributed by atoms with E-state index < -0.39 is 5.82 Å². The Morgan fingerprint density at radius 3 is 2.75 bits per heavy atom. The van der Waals surface area contributed by atoms with Crippen molar-refractivity contribution in [3.05, 3.63) is 36.2 Å². The van der Waals surface area contributed by atoms with Crippen LogP contribution in [0.25, 0.3) is 5.76 Å². The van der Waals surface area contributed by atoms with E-state index >= 15 is 0 Å². The first kappa shape index (κ1) is 8.59. The van der Waals surface area contributed by atoms with Crippen LogP contribution in [0.2, 0.25) is 0 Å². The predicted molar refractivity (Wildman–Crippen MR) is 46.9 cm³/mol. The van der Waals surface area contributed by atoms with Gasteiger partial charge in [0.15, 0.2) is 0 Å². The van der Waals surface area contributed by atoms with Gasteiger partial charge in [-0.05, 0) is 18.2 Å². The highest BCUT2D eigenvalue weighted by Gasteiger charge is 2.01. The Labute approximate surface area is 70.5 Å². The summed E-state index contributed by atoms with van der Waals surface area (Å²) in [6.07, 6.45) is 0. The fourth-order valence-electron chi connectivity index (χ4n) is 0.835. The molecule has 64 valence electrons. The Hall–Kier alpha value is -1.51. The number of methoxy groups -OCH3 is 1. The maximum absolute atomic E-state index is 12.7. The van der Waals surface area contributed by atoms with Crippen LogP contribution in [0.15, 0.2) is 24.8 Å². The molecule has 0 saturated carbocycles. The number of nitrogen functional groups attached to an aromatic ring is 1. The molecule has 0 unspecified atom stereocenters. The van der Waals surface area contributed by atoms with Crippen molar-refractivity contribution in [2.75, 3.05) is 12.8 Å². The van der Waals surface area contributed by atoms with Crippen LogP contribution < -0.4 is 5.73 Å². The SMILES string of the molecule is C=C(OC)c1ccc(F)c(N)c1. The Morgan fingerprint density at radius 1 is 1.58 bits per heavy atom. The molecule has 0 heterocycles. The molecular formula is C9H10FNO. The lowest BCUT2D eigenvalue weighted by atomic mass is 10.2. The number of hydrogen-bond acceptors (Lipinski definition) is 2. The van der Waals surface area contributed by atoms with E-state index in [1.54, 1.807) is 6.07 Å². The van der Waals surface area contributed by atoms with Gasteiger partial charge in [-0.25, -0.2) is 4.39 Å². The van der Waals surface area contributed by atoms with Gasteiger partial charge in [0, 0.05) is 5.56 Å². The number of benzene rings is 1. The highest BCUT2D eigenvalue weighted by molar-refractivity contribution is 5.61. The van der Waals surface area contributed by atoms with Crippen LogP contribution >= 0.6 is 0 Å². The minimum atomic E-state index is -0.428.